The zero-order valence-corrected chi connectivity index (χ0v) is 32.0. The smallest absolute Gasteiger partial charge is 0.166 e. The molecule has 0 aliphatic heterocycles. The molecule has 8 aromatic rings. The number of nitrogens with zero attached hydrogens (tertiary/aromatic N) is 4. The average molecular weight is 703 g/mol. The lowest BCUT2D eigenvalue weighted by Crippen LogP contribution is -2.15. The number of hydrogen-bond donors (Lipinski definition) is 0. The van der Waals surface area contributed by atoms with Gasteiger partial charge in [0.1, 0.15) is 0 Å². The predicted octanol–water partition coefficient (Wildman–Crippen LogP) is 13.4. The first-order valence-corrected chi connectivity index (χ1v) is 18.7. The van der Waals surface area contributed by atoms with Crippen molar-refractivity contribution in [3.8, 4) is 51.0 Å². The van der Waals surface area contributed by atoms with Gasteiger partial charge in [0.05, 0.1) is 16.7 Å². The SMILES string of the molecule is C/C=C\C.C/C=C\C.CC1(C)c2ccccc2-c2cc3c4ccccc4n(-c4ccccc4-c4nc(-c5ccccc5)nc(-c5ccccc5)n4)c3cc21. The minimum Gasteiger partial charge on any atom is -0.308 e. The van der Waals surface area contributed by atoms with E-state index in [0.29, 0.717) is 17.5 Å². The van der Waals surface area contributed by atoms with Crippen LogP contribution < -0.4 is 0 Å². The Balaban J connectivity index is 0.000000515. The van der Waals surface area contributed by atoms with Gasteiger partial charge in [-0.1, -0.05) is 153 Å². The predicted molar refractivity (Wildman–Crippen MR) is 229 cm³/mol. The molecular formula is C50H46N4. The summed E-state index contributed by atoms with van der Waals surface area (Å²) >= 11 is 0. The highest BCUT2D eigenvalue weighted by atomic mass is 15.1. The second-order valence-electron chi connectivity index (χ2n) is 13.8. The van der Waals surface area contributed by atoms with E-state index in [9.17, 15) is 0 Å². The Labute approximate surface area is 319 Å². The average Bonchev–Trinajstić information content (AvgIpc) is 3.68. The number of fused-ring (bicyclic) bond motifs is 6. The van der Waals surface area contributed by atoms with Crippen LogP contribution in [0.4, 0.5) is 0 Å². The second kappa shape index (κ2) is 15.7. The van der Waals surface area contributed by atoms with Gasteiger partial charge in [-0.15, -0.1) is 0 Å². The van der Waals surface area contributed by atoms with Crippen molar-refractivity contribution in [1.82, 2.24) is 19.5 Å². The van der Waals surface area contributed by atoms with Gasteiger partial charge >= 0.3 is 0 Å². The largest absolute Gasteiger partial charge is 0.308 e. The first-order valence-electron chi connectivity index (χ1n) is 18.7. The first kappa shape index (κ1) is 36.0. The van der Waals surface area contributed by atoms with Gasteiger partial charge < -0.3 is 4.57 Å². The monoisotopic (exact) mass is 702 g/mol. The molecule has 2 heterocycles. The summed E-state index contributed by atoms with van der Waals surface area (Å²) in [5.74, 6) is 1.95. The molecule has 6 aromatic carbocycles. The number of para-hydroxylation sites is 2. The molecule has 4 heteroatoms. The quantitative estimate of drug-likeness (QED) is 0.172. The van der Waals surface area contributed by atoms with Crippen LogP contribution in [-0.4, -0.2) is 19.5 Å². The van der Waals surface area contributed by atoms with Crippen LogP contribution in [0.3, 0.4) is 0 Å². The molecule has 9 rings (SSSR count). The summed E-state index contributed by atoms with van der Waals surface area (Å²) in [6.45, 7) is 12.7. The molecule has 0 saturated heterocycles. The van der Waals surface area contributed by atoms with Gasteiger partial charge in [-0.25, -0.2) is 15.0 Å². The molecule has 0 saturated carbocycles. The van der Waals surface area contributed by atoms with E-state index in [4.69, 9.17) is 15.0 Å². The van der Waals surface area contributed by atoms with Crippen LogP contribution >= 0.6 is 0 Å². The fourth-order valence-electron chi connectivity index (χ4n) is 7.21. The molecule has 0 bridgehead atoms. The van der Waals surface area contributed by atoms with E-state index in [-0.39, 0.29) is 5.41 Å². The van der Waals surface area contributed by atoms with Gasteiger partial charge in [0.25, 0.3) is 0 Å². The first-order chi connectivity index (χ1) is 26.4. The van der Waals surface area contributed by atoms with Crippen molar-refractivity contribution in [3.05, 3.63) is 181 Å². The van der Waals surface area contributed by atoms with E-state index in [2.05, 4.69) is 103 Å². The van der Waals surface area contributed by atoms with Gasteiger partial charge in [0.15, 0.2) is 17.5 Å². The lowest BCUT2D eigenvalue weighted by Gasteiger charge is -2.22. The maximum Gasteiger partial charge on any atom is 0.166 e. The molecule has 1 aliphatic rings. The number of rotatable bonds is 4. The molecule has 0 fully saturated rings. The molecule has 2 aromatic heterocycles. The summed E-state index contributed by atoms with van der Waals surface area (Å²) in [6.07, 6.45) is 8.00. The van der Waals surface area contributed by atoms with E-state index >= 15 is 0 Å². The van der Waals surface area contributed by atoms with Crippen LogP contribution in [0.25, 0.3) is 72.8 Å². The maximum absolute atomic E-state index is 5.10. The summed E-state index contributed by atoms with van der Waals surface area (Å²) < 4.78 is 2.40. The van der Waals surface area contributed by atoms with Crippen molar-refractivity contribution >= 4 is 21.8 Å². The minimum absolute atomic E-state index is 0.107. The fourth-order valence-corrected chi connectivity index (χ4v) is 7.21. The van der Waals surface area contributed by atoms with Crippen molar-refractivity contribution in [2.45, 2.75) is 47.0 Å². The Kier molecular flexibility index (Phi) is 10.5. The second-order valence-corrected chi connectivity index (χ2v) is 13.8. The van der Waals surface area contributed by atoms with Crippen molar-refractivity contribution < 1.29 is 0 Å². The third kappa shape index (κ3) is 6.68. The Bertz CT molecular complexity index is 2530. The molecule has 54 heavy (non-hydrogen) atoms. The Morgan fingerprint density at radius 1 is 0.426 bits per heavy atom. The van der Waals surface area contributed by atoms with E-state index < -0.39 is 0 Å². The Hall–Kier alpha value is -6.39. The van der Waals surface area contributed by atoms with Crippen molar-refractivity contribution in [2.75, 3.05) is 0 Å². The molecule has 0 atom stereocenters. The molecule has 4 nitrogen and oxygen atoms in total. The minimum atomic E-state index is -0.107. The van der Waals surface area contributed by atoms with Crippen molar-refractivity contribution in [2.24, 2.45) is 0 Å². The number of allylic oxidation sites excluding steroid dienone is 4. The summed E-state index contributed by atoms with van der Waals surface area (Å²) in [4.78, 5) is 15.1. The summed E-state index contributed by atoms with van der Waals surface area (Å²) in [6, 6.07) is 51.1. The zero-order chi connectivity index (χ0) is 37.7. The third-order valence-corrected chi connectivity index (χ3v) is 10.1. The Morgan fingerprint density at radius 2 is 0.926 bits per heavy atom. The van der Waals surface area contributed by atoms with Gasteiger partial charge in [-0.3, -0.25) is 0 Å². The lowest BCUT2D eigenvalue weighted by molar-refractivity contribution is 0.661. The van der Waals surface area contributed by atoms with E-state index in [1.165, 1.54) is 38.5 Å². The molecule has 266 valence electrons. The number of benzene rings is 6. The molecular weight excluding hydrogens is 657 g/mol. The maximum atomic E-state index is 5.10. The lowest BCUT2D eigenvalue weighted by atomic mass is 9.82. The highest BCUT2D eigenvalue weighted by molar-refractivity contribution is 6.12. The highest BCUT2D eigenvalue weighted by Gasteiger charge is 2.36. The molecule has 0 amide bonds. The van der Waals surface area contributed by atoms with Crippen LogP contribution in [-0.2, 0) is 5.41 Å². The van der Waals surface area contributed by atoms with Crippen molar-refractivity contribution in [3.63, 3.8) is 0 Å². The van der Waals surface area contributed by atoms with Crippen LogP contribution in [0.1, 0.15) is 52.7 Å². The highest BCUT2D eigenvalue weighted by Crippen LogP contribution is 2.51. The van der Waals surface area contributed by atoms with Gasteiger partial charge in [-0.2, -0.15) is 0 Å². The van der Waals surface area contributed by atoms with E-state index in [0.717, 1.165) is 27.9 Å². The van der Waals surface area contributed by atoms with Crippen LogP contribution in [0.2, 0.25) is 0 Å². The summed E-state index contributed by atoms with van der Waals surface area (Å²) in [7, 11) is 0. The van der Waals surface area contributed by atoms with Gasteiger partial charge in [0, 0.05) is 32.9 Å². The van der Waals surface area contributed by atoms with Gasteiger partial charge in [-0.05, 0) is 80.3 Å². The van der Waals surface area contributed by atoms with E-state index in [1.54, 1.807) is 0 Å². The number of aromatic nitrogens is 4. The molecule has 0 unspecified atom stereocenters. The number of hydrogen-bond acceptors (Lipinski definition) is 3. The van der Waals surface area contributed by atoms with Crippen LogP contribution in [0, 0.1) is 0 Å². The van der Waals surface area contributed by atoms with Crippen molar-refractivity contribution in [1.29, 1.82) is 0 Å². The summed E-state index contributed by atoms with van der Waals surface area (Å²) in [5.41, 5.74) is 11.5. The molecule has 0 spiro atoms. The molecule has 0 N–H and O–H groups in total. The topological polar surface area (TPSA) is 43.6 Å². The normalized spacial score (nSPS) is 12.6. The Morgan fingerprint density at radius 3 is 1.54 bits per heavy atom. The molecule has 0 radical (unpaired) electrons. The standard InChI is InChI=1S/C42H30N4.2C4H8/c1-42(2)34-22-12-9-19-29(34)32-25-33-30-20-10-13-23-36(30)46(38(33)26-35(32)42)37-24-14-11-21-31(37)41-44-39(27-15-5-3-6-16-27)43-40(45-41)28-17-7-4-8-18-28;2*1-3-4-2/h3-26H,1-2H3;2*3-4H,1-2H3/b;2*4-3-. The van der Waals surface area contributed by atoms with Crippen LogP contribution in [0.5, 0.6) is 0 Å². The van der Waals surface area contributed by atoms with E-state index in [1.807, 2.05) is 113 Å². The van der Waals surface area contributed by atoms with Crippen LogP contribution in [0.15, 0.2) is 170 Å². The summed E-state index contributed by atoms with van der Waals surface area (Å²) in [5, 5.41) is 2.46. The van der Waals surface area contributed by atoms with Gasteiger partial charge in [0.2, 0.25) is 0 Å². The fraction of sp³-hybridized carbons (Fsp3) is 0.140. The zero-order valence-electron chi connectivity index (χ0n) is 32.0. The third-order valence-electron chi connectivity index (χ3n) is 10.1. The molecule has 1 aliphatic carbocycles.